The van der Waals surface area contributed by atoms with Crippen LogP contribution in [0.4, 0.5) is 17.3 Å². The number of ether oxygens (including phenoxy) is 2. The number of rotatable bonds is 13. The van der Waals surface area contributed by atoms with Crippen molar-refractivity contribution in [2.24, 2.45) is 0 Å². The zero-order valence-corrected chi connectivity index (χ0v) is 20.7. The predicted octanol–water partition coefficient (Wildman–Crippen LogP) is 2.10. The van der Waals surface area contributed by atoms with Crippen LogP contribution in [0.5, 0.6) is 6.01 Å². The highest BCUT2D eigenvalue weighted by Crippen LogP contribution is 2.33. The van der Waals surface area contributed by atoms with Gasteiger partial charge < -0.3 is 25.0 Å². The molecule has 1 unspecified atom stereocenters. The van der Waals surface area contributed by atoms with Gasteiger partial charge in [0.25, 0.3) is 0 Å². The number of hydrogen-bond acceptors (Lipinski definition) is 11. The minimum Gasteiger partial charge on any atom is -0.465 e. The van der Waals surface area contributed by atoms with Crippen molar-refractivity contribution in [1.82, 2.24) is 14.9 Å². The number of likely N-dealkylation sites (tertiary alicyclic amines) is 1. The van der Waals surface area contributed by atoms with E-state index in [1.807, 2.05) is 24.3 Å². The molecule has 3 N–H and O–H groups in total. The third-order valence-corrected chi connectivity index (χ3v) is 5.82. The summed E-state index contributed by atoms with van der Waals surface area (Å²) in [7, 11) is -0.324. The van der Waals surface area contributed by atoms with Crippen LogP contribution < -0.4 is 15.4 Å². The molecule has 2 aromatic rings. The Morgan fingerprint density at radius 1 is 1.31 bits per heavy atom. The Labute approximate surface area is 205 Å². The Bertz CT molecular complexity index is 1020. The maximum atomic E-state index is 12.4. The average Bonchev–Trinajstić information content (AvgIpc) is 3.31. The van der Waals surface area contributed by atoms with Crippen LogP contribution in [0.25, 0.3) is 0 Å². The molecule has 0 spiro atoms. The zero-order valence-electron chi connectivity index (χ0n) is 19.7. The molecule has 35 heavy (non-hydrogen) atoms. The molecule has 0 aliphatic carbocycles. The quantitative estimate of drug-likeness (QED) is 0.135. The second-order valence-corrected chi connectivity index (χ2v) is 8.86. The van der Waals surface area contributed by atoms with E-state index in [1.165, 1.54) is 17.7 Å². The molecule has 0 radical (unpaired) electrons. The van der Waals surface area contributed by atoms with Crippen molar-refractivity contribution in [2.75, 3.05) is 49.6 Å². The van der Waals surface area contributed by atoms with Gasteiger partial charge in [0.1, 0.15) is 6.54 Å². The molecule has 0 amide bonds. The van der Waals surface area contributed by atoms with Crippen LogP contribution in [-0.2, 0) is 22.6 Å². The molecule has 1 fully saturated rings. The minimum atomic E-state index is -0.675. The molecule has 1 aliphatic heterocycles. The van der Waals surface area contributed by atoms with Crippen molar-refractivity contribution in [3.8, 4) is 6.01 Å². The van der Waals surface area contributed by atoms with Crippen molar-refractivity contribution in [3.63, 3.8) is 0 Å². The molecule has 0 bridgehead atoms. The lowest BCUT2D eigenvalue weighted by Gasteiger charge is -2.24. The number of nitrogens with zero attached hydrogens (tertiary/aromatic N) is 5. The molecular formula is C22H31N6O6P. The molecule has 0 saturated carbocycles. The van der Waals surface area contributed by atoms with Crippen LogP contribution in [0, 0.1) is 10.1 Å². The van der Waals surface area contributed by atoms with Crippen LogP contribution in [-0.4, -0.2) is 69.7 Å². The number of aromatic nitrogens is 2. The number of hydrogen-bond donors (Lipinski definition) is 2. The first-order valence-corrected chi connectivity index (χ1v) is 12.6. The first-order valence-electron chi connectivity index (χ1n) is 11.4. The van der Waals surface area contributed by atoms with E-state index in [-0.39, 0.29) is 52.8 Å². The van der Waals surface area contributed by atoms with Crippen molar-refractivity contribution < 1.29 is 24.1 Å². The number of carbonyl (C=O) groups is 1. The maximum absolute atomic E-state index is 12.4. The highest BCUT2D eigenvalue weighted by atomic mass is 31.1. The fraction of sp³-hybridized carbons (Fsp3) is 0.500. The van der Waals surface area contributed by atoms with Crippen molar-refractivity contribution in [2.45, 2.75) is 32.9 Å². The van der Waals surface area contributed by atoms with Gasteiger partial charge in [-0.15, -0.1) is 0 Å². The lowest BCUT2D eigenvalue weighted by Crippen LogP contribution is -2.32. The molecule has 2 heterocycles. The summed E-state index contributed by atoms with van der Waals surface area (Å²) in [5.41, 5.74) is 7.35. The van der Waals surface area contributed by atoms with E-state index in [4.69, 9.17) is 20.1 Å². The molecule has 190 valence electrons. The maximum Gasteiger partial charge on any atom is 0.353 e. The van der Waals surface area contributed by atoms with E-state index in [0.717, 1.165) is 30.8 Å². The monoisotopic (exact) mass is 506 g/mol. The fourth-order valence-corrected chi connectivity index (χ4v) is 4.09. The highest BCUT2D eigenvalue weighted by molar-refractivity contribution is 7.31. The van der Waals surface area contributed by atoms with E-state index in [1.54, 1.807) is 6.92 Å². The molecule has 1 saturated heterocycles. The van der Waals surface area contributed by atoms with E-state index in [0.29, 0.717) is 6.16 Å². The second-order valence-electron chi connectivity index (χ2n) is 8.04. The number of esters is 1. The standard InChI is InChI=1S/C22H31N6O6P/c1-2-33-18(29)15-27(14-17-7-5-6-16(12-17)13-26-8-3-4-9-26)21-19(28(30)31)20(23)24-22(25-21)34-10-11-35-32/h5-7,12,32,35H,2-4,8-11,13-15H2,1H3,(H2,23,24,25). The number of nitrogens with two attached hydrogens (primary N) is 1. The van der Waals surface area contributed by atoms with Crippen LogP contribution in [0.2, 0.25) is 0 Å². The van der Waals surface area contributed by atoms with Gasteiger partial charge in [-0.05, 0) is 44.0 Å². The van der Waals surface area contributed by atoms with Gasteiger partial charge in [-0.25, -0.2) is 0 Å². The topological polar surface area (TPSA) is 157 Å². The van der Waals surface area contributed by atoms with Gasteiger partial charge in [-0.1, -0.05) is 24.3 Å². The summed E-state index contributed by atoms with van der Waals surface area (Å²) in [6.45, 7) is 4.78. The van der Waals surface area contributed by atoms with E-state index in [2.05, 4.69) is 14.9 Å². The Kier molecular flexibility index (Phi) is 9.95. The molecular weight excluding hydrogens is 475 g/mol. The normalized spacial score (nSPS) is 13.9. The summed E-state index contributed by atoms with van der Waals surface area (Å²) >= 11 is 0. The summed E-state index contributed by atoms with van der Waals surface area (Å²) in [5.74, 6) is -1.07. The molecule has 13 heteroatoms. The van der Waals surface area contributed by atoms with Gasteiger partial charge in [-0.3, -0.25) is 19.8 Å². The Morgan fingerprint density at radius 3 is 2.74 bits per heavy atom. The van der Waals surface area contributed by atoms with Crippen LogP contribution in [0.15, 0.2) is 24.3 Å². The SMILES string of the molecule is CCOC(=O)CN(Cc1cccc(CN2CCCC2)c1)c1nc(OCCPO)nc(N)c1[N+](=O)[O-]. The summed E-state index contributed by atoms with van der Waals surface area (Å²) in [5, 5.41) is 11.9. The van der Waals surface area contributed by atoms with Crippen molar-refractivity contribution in [1.29, 1.82) is 0 Å². The molecule has 1 aromatic carbocycles. The third-order valence-electron chi connectivity index (χ3n) is 5.39. The Balaban J connectivity index is 1.94. The smallest absolute Gasteiger partial charge is 0.353 e. The largest absolute Gasteiger partial charge is 0.465 e. The molecule has 1 aliphatic rings. The van der Waals surface area contributed by atoms with Gasteiger partial charge in [-0.2, -0.15) is 9.97 Å². The number of nitrogen functional groups attached to an aromatic ring is 1. The van der Waals surface area contributed by atoms with Crippen LogP contribution >= 0.6 is 8.81 Å². The van der Waals surface area contributed by atoms with Crippen LogP contribution in [0.3, 0.4) is 0 Å². The Hall–Kier alpha value is -3.08. The summed E-state index contributed by atoms with van der Waals surface area (Å²) in [6, 6.07) is 7.71. The van der Waals surface area contributed by atoms with Gasteiger partial charge in [0, 0.05) is 28.1 Å². The first kappa shape index (κ1) is 26.5. The lowest BCUT2D eigenvalue weighted by molar-refractivity contribution is -0.383. The van der Waals surface area contributed by atoms with Gasteiger partial charge in [0.2, 0.25) is 11.6 Å². The minimum absolute atomic E-state index is 0.113. The number of nitro groups is 1. The number of carbonyl (C=O) groups excluding carboxylic acids is 1. The van der Waals surface area contributed by atoms with E-state index in [9.17, 15) is 14.9 Å². The van der Waals surface area contributed by atoms with E-state index >= 15 is 0 Å². The summed E-state index contributed by atoms with van der Waals surface area (Å²) < 4.78 is 10.5. The fourth-order valence-electron chi connectivity index (χ4n) is 3.90. The predicted molar refractivity (Wildman–Crippen MR) is 133 cm³/mol. The van der Waals surface area contributed by atoms with Gasteiger partial charge in [0.05, 0.1) is 18.1 Å². The molecule has 3 rings (SSSR count). The highest BCUT2D eigenvalue weighted by Gasteiger charge is 2.29. The second kappa shape index (κ2) is 13.1. The number of benzene rings is 1. The lowest BCUT2D eigenvalue weighted by atomic mass is 10.1. The van der Waals surface area contributed by atoms with Crippen molar-refractivity contribution in [3.05, 3.63) is 45.5 Å². The number of anilines is 2. The first-order chi connectivity index (χ1) is 16.9. The van der Waals surface area contributed by atoms with Gasteiger partial charge in [0.15, 0.2) is 0 Å². The van der Waals surface area contributed by atoms with E-state index < -0.39 is 16.6 Å². The summed E-state index contributed by atoms with van der Waals surface area (Å²) in [4.78, 5) is 44.5. The molecule has 1 aromatic heterocycles. The summed E-state index contributed by atoms with van der Waals surface area (Å²) in [6.07, 6.45) is 2.73. The zero-order chi connectivity index (χ0) is 25.2. The molecule has 12 nitrogen and oxygen atoms in total. The average molecular weight is 507 g/mol. The Morgan fingerprint density at radius 2 is 2.06 bits per heavy atom. The van der Waals surface area contributed by atoms with Crippen LogP contribution in [0.1, 0.15) is 30.9 Å². The molecule has 1 atom stereocenters. The van der Waals surface area contributed by atoms with Crippen molar-refractivity contribution >= 4 is 32.1 Å². The van der Waals surface area contributed by atoms with Gasteiger partial charge >= 0.3 is 17.7 Å². The third kappa shape index (κ3) is 7.71.